The topological polar surface area (TPSA) is 64.5 Å². The highest BCUT2D eigenvalue weighted by molar-refractivity contribution is 6.08. The summed E-state index contributed by atoms with van der Waals surface area (Å²) in [4.78, 5) is 23.8. The molecular weight excluding hydrogens is 611 g/mol. The van der Waals surface area contributed by atoms with E-state index in [-0.39, 0.29) is 0 Å². The van der Waals surface area contributed by atoms with E-state index in [2.05, 4.69) is 142 Å². The van der Waals surface area contributed by atoms with Crippen LogP contribution in [0.4, 0.5) is 0 Å². The molecule has 0 aliphatic heterocycles. The summed E-state index contributed by atoms with van der Waals surface area (Å²) >= 11 is 0. The van der Waals surface area contributed by atoms with E-state index in [1.54, 1.807) is 0 Å². The Morgan fingerprint density at radius 3 is 2.06 bits per heavy atom. The van der Waals surface area contributed by atoms with Crippen LogP contribution in [0, 0.1) is 0 Å². The van der Waals surface area contributed by atoms with E-state index in [1.807, 2.05) is 36.9 Å². The Kier molecular flexibility index (Phi) is 6.42. The van der Waals surface area contributed by atoms with Crippen molar-refractivity contribution in [2.75, 3.05) is 0 Å². The average Bonchev–Trinajstić information content (AvgIpc) is 3.19. The number of rotatable bonds is 4. The fourth-order valence-electron chi connectivity index (χ4n) is 7.08. The first-order chi connectivity index (χ1) is 24.7. The standard InChI is InChI=1S/C45H27N5/c1-3-28-20-23-46-27-39(28)37(5-1)42-19-13-31-10-11-34(26-43(31)50-42)33-14-17-41-35(25-33)15-18-40(49-41)30-8-6-29(7-9-30)36-21-24-48-45-38(36)16-12-32-4-2-22-47-44(32)45/h1-27H. The molecule has 0 spiro atoms. The molecule has 0 aliphatic carbocycles. The van der Waals surface area contributed by atoms with Crippen molar-refractivity contribution >= 4 is 54.4 Å². The van der Waals surface area contributed by atoms with E-state index >= 15 is 0 Å². The Bertz CT molecular complexity index is 2930. The van der Waals surface area contributed by atoms with Crippen molar-refractivity contribution in [1.82, 2.24) is 24.9 Å². The molecule has 0 saturated carbocycles. The monoisotopic (exact) mass is 637 g/mol. The molecule has 0 bridgehead atoms. The van der Waals surface area contributed by atoms with Crippen molar-refractivity contribution in [3.63, 3.8) is 0 Å². The summed E-state index contributed by atoms with van der Waals surface area (Å²) in [5.74, 6) is 0. The van der Waals surface area contributed by atoms with Gasteiger partial charge in [0.1, 0.15) is 0 Å². The van der Waals surface area contributed by atoms with Gasteiger partial charge in [-0.15, -0.1) is 0 Å². The fourth-order valence-corrected chi connectivity index (χ4v) is 7.08. The molecule has 5 aromatic carbocycles. The molecule has 0 atom stereocenters. The minimum atomic E-state index is 0.920. The summed E-state index contributed by atoms with van der Waals surface area (Å²) < 4.78 is 0. The van der Waals surface area contributed by atoms with E-state index in [0.717, 1.165) is 99.2 Å². The summed E-state index contributed by atoms with van der Waals surface area (Å²) in [7, 11) is 0. The van der Waals surface area contributed by atoms with Crippen LogP contribution < -0.4 is 0 Å². The first-order valence-electron chi connectivity index (χ1n) is 16.6. The third-order valence-electron chi connectivity index (χ3n) is 9.65. The van der Waals surface area contributed by atoms with Crippen molar-refractivity contribution < 1.29 is 0 Å². The van der Waals surface area contributed by atoms with Gasteiger partial charge in [-0.05, 0) is 76.2 Å². The molecular formula is C45H27N5. The number of nitrogens with zero attached hydrogens (tertiary/aromatic N) is 5. The van der Waals surface area contributed by atoms with Crippen molar-refractivity contribution in [2.45, 2.75) is 0 Å². The molecule has 0 aliphatic rings. The minimum Gasteiger partial charge on any atom is -0.264 e. The predicted molar refractivity (Wildman–Crippen MR) is 205 cm³/mol. The second-order valence-corrected chi connectivity index (χ2v) is 12.6. The first-order valence-corrected chi connectivity index (χ1v) is 16.6. The van der Waals surface area contributed by atoms with Gasteiger partial charge in [-0.25, -0.2) is 9.97 Å². The molecule has 232 valence electrons. The SMILES string of the molecule is c1cc(-c2ccc3ccc(-c4ccc5nc(-c6ccc(-c7ccnc8c7ccc7cccnc78)cc6)ccc5c4)cc3n2)c2cnccc2c1. The van der Waals surface area contributed by atoms with E-state index in [1.165, 1.54) is 0 Å². The van der Waals surface area contributed by atoms with E-state index < -0.39 is 0 Å². The lowest BCUT2D eigenvalue weighted by atomic mass is 9.98. The van der Waals surface area contributed by atoms with Crippen LogP contribution in [-0.2, 0) is 0 Å². The van der Waals surface area contributed by atoms with Crippen LogP contribution >= 0.6 is 0 Å². The van der Waals surface area contributed by atoms with Gasteiger partial charge in [0.05, 0.1) is 33.5 Å². The van der Waals surface area contributed by atoms with Crippen LogP contribution in [0.3, 0.4) is 0 Å². The van der Waals surface area contributed by atoms with Crippen molar-refractivity contribution in [2.24, 2.45) is 0 Å². The minimum absolute atomic E-state index is 0.920. The van der Waals surface area contributed by atoms with Crippen molar-refractivity contribution in [1.29, 1.82) is 0 Å². The van der Waals surface area contributed by atoms with Crippen molar-refractivity contribution in [3.8, 4) is 44.8 Å². The van der Waals surface area contributed by atoms with E-state index in [9.17, 15) is 0 Å². The Morgan fingerprint density at radius 1 is 0.360 bits per heavy atom. The summed E-state index contributed by atoms with van der Waals surface area (Å²) in [6.07, 6.45) is 7.44. The molecule has 0 unspecified atom stereocenters. The van der Waals surface area contributed by atoms with Gasteiger partial charge in [0.25, 0.3) is 0 Å². The second-order valence-electron chi connectivity index (χ2n) is 12.6. The first kappa shape index (κ1) is 28.2. The lowest BCUT2D eigenvalue weighted by Crippen LogP contribution is -1.90. The fraction of sp³-hybridized carbons (Fsp3) is 0. The second kappa shape index (κ2) is 11.4. The lowest BCUT2D eigenvalue weighted by molar-refractivity contribution is 1.35. The third-order valence-corrected chi connectivity index (χ3v) is 9.65. The van der Waals surface area contributed by atoms with Gasteiger partial charge in [-0.3, -0.25) is 15.0 Å². The summed E-state index contributed by atoms with van der Waals surface area (Å²) in [5.41, 5.74) is 12.3. The Labute approximate surface area is 287 Å². The molecule has 5 heterocycles. The number of aromatic nitrogens is 5. The smallest absolute Gasteiger partial charge is 0.0970 e. The number of pyridine rings is 5. The Morgan fingerprint density at radius 2 is 1.10 bits per heavy atom. The highest BCUT2D eigenvalue weighted by Crippen LogP contribution is 2.34. The van der Waals surface area contributed by atoms with Crippen LogP contribution in [0.2, 0.25) is 0 Å². The van der Waals surface area contributed by atoms with Crippen molar-refractivity contribution in [3.05, 3.63) is 164 Å². The number of hydrogen-bond acceptors (Lipinski definition) is 5. The molecule has 5 nitrogen and oxygen atoms in total. The number of fused-ring (bicyclic) bond motifs is 6. The molecule has 50 heavy (non-hydrogen) atoms. The number of hydrogen-bond donors (Lipinski definition) is 0. The van der Waals surface area contributed by atoms with Gasteiger partial charge < -0.3 is 0 Å². The molecule has 0 amide bonds. The van der Waals surface area contributed by atoms with Gasteiger partial charge in [-0.2, -0.15) is 0 Å². The summed E-state index contributed by atoms with van der Waals surface area (Å²) in [6, 6.07) is 48.8. The molecule has 0 saturated heterocycles. The lowest BCUT2D eigenvalue weighted by Gasteiger charge is -2.10. The number of benzene rings is 5. The van der Waals surface area contributed by atoms with Crippen LogP contribution in [0.25, 0.3) is 99.2 Å². The Hall–Kier alpha value is -6.85. The predicted octanol–water partition coefficient (Wildman–Crippen LogP) is 11.1. The maximum absolute atomic E-state index is 5.10. The average molecular weight is 638 g/mol. The molecule has 0 radical (unpaired) electrons. The van der Waals surface area contributed by atoms with Gasteiger partial charge in [-0.1, -0.05) is 91.0 Å². The van der Waals surface area contributed by atoms with Gasteiger partial charge in [0.15, 0.2) is 0 Å². The zero-order valence-electron chi connectivity index (χ0n) is 26.8. The molecule has 5 aromatic heterocycles. The summed E-state index contributed by atoms with van der Waals surface area (Å²) in [5, 5.41) is 6.64. The van der Waals surface area contributed by atoms with E-state index in [4.69, 9.17) is 9.97 Å². The highest BCUT2D eigenvalue weighted by atomic mass is 14.7. The Balaban J connectivity index is 0.957. The highest BCUT2D eigenvalue weighted by Gasteiger charge is 2.11. The maximum atomic E-state index is 5.10. The maximum Gasteiger partial charge on any atom is 0.0970 e. The molecule has 0 fully saturated rings. The van der Waals surface area contributed by atoms with Gasteiger partial charge in [0.2, 0.25) is 0 Å². The molecule has 5 heteroatoms. The van der Waals surface area contributed by atoms with Crippen LogP contribution in [0.15, 0.2) is 164 Å². The van der Waals surface area contributed by atoms with E-state index in [0.29, 0.717) is 0 Å². The normalized spacial score (nSPS) is 11.6. The largest absolute Gasteiger partial charge is 0.264 e. The zero-order valence-corrected chi connectivity index (χ0v) is 26.8. The van der Waals surface area contributed by atoms with Crippen LogP contribution in [-0.4, -0.2) is 24.9 Å². The summed E-state index contributed by atoms with van der Waals surface area (Å²) in [6.45, 7) is 0. The zero-order chi connectivity index (χ0) is 33.0. The van der Waals surface area contributed by atoms with Crippen LogP contribution in [0.5, 0.6) is 0 Å². The molecule has 10 aromatic rings. The van der Waals surface area contributed by atoms with Gasteiger partial charge in [0, 0.05) is 62.8 Å². The van der Waals surface area contributed by atoms with Gasteiger partial charge >= 0.3 is 0 Å². The third kappa shape index (κ3) is 4.75. The quantitative estimate of drug-likeness (QED) is 0.180. The van der Waals surface area contributed by atoms with Crippen LogP contribution in [0.1, 0.15) is 0 Å². The molecule has 0 N–H and O–H groups in total. The molecule has 10 rings (SSSR count).